The Labute approximate surface area is 164 Å². The third-order valence-corrected chi connectivity index (χ3v) is 5.22. The van der Waals surface area contributed by atoms with E-state index < -0.39 is 5.97 Å². The van der Waals surface area contributed by atoms with E-state index in [1.54, 1.807) is 12.1 Å². The van der Waals surface area contributed by atoms with Gasteiger partial charge in [0.25, 0.3) is 0 Å². The fourth-order valence-electron chi connectivity index (χ4n) is 3.91. The van der Waals surface area contributed by atoms with Crippen LogP contribution in [0.15, 0.2) is 66.7 Å². The second-order valence-electron chi connectivity index (χ2n) is 7.08. The van der Waals surface area contributed by atoms with Crippen molar-refractivity contribution in [3.05, 3.63) is 89.0 Å². The Morgan fingerprint density at radius 2 is 1.89 bits per heavy atom. The van der Waals surface area contributed by atoms with Crippen molar-refractivity contribution in [3.8, 4) is 11.1 Å². The summed E-state index contributed by atoms with van der Waals surface area (Å²) in [5, 5.41) is 9.48. The van der Waals surface area contributed by atoms with E-state index in [4.69, 9.17) is 0 Å². The van der Waals surface area contributed by atoms with Crippen molar-refractivity contribution < 1.29 is 14.7 Å². The van der Waals surface area contributed by atoms with Crippen molar-refractivity contribution >= 4 is 17.9 Å². The van der Waals surface area contributed by atoms with E-state index in [1.807, 2.05) is 42.5 Å². The first-order chi connectivity index (χ1) is 13.7. The van der Waals surface area contributed by atoms with Gasteiger partial charge in [0.2, 0.25) is 0 Å². The van der Waals surface area contributed by atoms with E-state index in [0.717, 1.165) is 48.9 Å². The van der Waals surface area contributed by atoms with E-state index >= 15 is 0 Å². The molecule has 1 aliphatic rings. The predicted molar refractivity (Wildman–Crippen MR) is 110 cm³/mol. The zero-order chi connectivity index (χ0) is 19.5. The molecule has 0 aromatic heterocycles. The lowest BCUT2D eigenvalue weighted by molar-refractivity contribution is 0.0697. The average molecular weight is 371 g/mol. The summed E-state index contributed by atoms with van der Waals surface area (Å²) >= 11 is 0. The fraction of sp³-hybridized carbons (Fsp3) is 0.167. The topological polar surface area (TPSA) is 57.6 Å². The van der Waals surface area contributed by atoms with Crippen molar-refractivity contribution in [2.45, 2.75) is 19.4 Å². The summed E-state index contributed by atoms with van der Waals surface area (Å²) in [6, 6.07) is 21.0. The van der Waals surface area contributed by atoms with Gasteiger partial charge < -0.3 is 10.0 Å². The van der Waals surface area contributed by atoms with Gasteiger partial charge in [-0.25, -0.2) is 4.79 Å². The number of carbonyl (C=O) groups excluding carboxylic acids is 1. The lowest BCUT2D eigenvalue weighted by Crippen LogP contribution is -2.28. The maximum atomic E-state index is 11.6. The number of aromatic carboxylic acids is 1. The molecule has 0 fully saturated rings. The van der Waals surface area contributed by atoms with Crippen molar-refractivity contribution in [1.82, 2.24) is 0 Å². The lowest BCUT2D eigenvalue weighted by atomic mass is 9.96. The molecule has 0 amide bonds. The molecule has 1 N–H and O–H groups in total. The Balaban J connectivity index is 1.64. The smallest absolute Gasteiger partial charge is 0.336 e. The summed E-state index contributed by atoms with van der Waals surface area (Å²) < 4.78 is 0. The average Bonchev–Trinajstić information content (AvgIpc) is 2.73. The van der Waals surface area contributed by atoms with Crippen molar-refractivity contribution in [2.24, 2.45) is 0 Å². The van der Waals surface area contributed by atoms with Gasteiger partial charge in [0.1, 0.15) is 6.29 Å². The number of anilines is 1. The Morgan fingerprint density at radius 3 is 2.71 bits per heavy atom. The van der Waals surface area contributed by atoms with Crippen molar-refractivity contribution in [1.29, 1.82) is 0 Å². The van der Waals surface area contributed by atoms with Crippen LogP contribution in [0.5, 0.6) is 0 Å². The molecule has 28 heavy (non-hydrogen) atoms. The van der Waals surface area contributed by atoms with Crippen LogP contribution in [0.2, 0.25) is 0 Å². The van der Waals surface area contributed by atoms with Crippen molar-refractivity contribution in [3.63, 3.8) is 0 Å². The molecule has 3 aromatic rings. The number of hydrogen-bond acceptors (Lipinski definition) is 3. The maximum absolute atomic E-state index is 11.6. The summed E-state index contributed by atoms with van der Waals surface area (Å²) in [5.74, 6) is -0.919. The van der Waals surface area contributed by atoms with Gasteiger partial charge in [-0.1, -0.05) is 36.4 Å². The molecule has 0 radical (unpaired) electrons. The first-order valence-corrected chi connectivity index (χ1v) is 9.40. The van der Waals surface area contributed by atoms with Crippen LogP contribution in [0.3, 0.4) is 0 Å². The number of benzene rings is 3. The highest BCUT2D eigenvalue weighted by Gasteiger charge is 2.18. The van der Waals surface area contributed by atoms with Crippen LogP contribution in [-0.4, -0.2) is 23.9 Å². The summed E-state index contributed by atoms with van der Waals surface area (Å²) in [7, 11) is 0. The van der Waals surface area contributed by atoms with E-state index in [-0.39, 0.29) is 0 Å². The Bertz CT molecular complexity index is 1040. The molecule has 0 saturated heterocycles. The van der Waals surface area contributed by atoms with Crippen LogP contribution in [0.1, 0.15) is 38.3 Å². The molecule has 0 bridgehead atoms. The maximum Gasteiger partial charge on any atom is 0.336 e. The minimum atomic E-state index is -0.919. The van der Waals surface area contributed by atoms with E-state index in [0.29, 0.717) is 11.1 Å². The zero-order valence-corrected chi connectivity index (χ0v) is 15.5. The van der Waals surface area contributed by atoms with E-state index in [2.05, 4.69) is 17.0 Å². The molecule has 4 heteroatoms. The number of nitrogens with zero attached hydrogens (tertiary/aromatic N) is 1. The molecule has 0 aliphatic carbocycles. The normalized spacial score (nSPS) is 13.1. The highest BCUT2D eigenvalue weighted by atomic mass is 16.4. The third kappa shape index (κ3) is 3.54. The minimum absolute atomic E-state index is 0.310. The second kappa shape index (κ2) is 7.69. The highest BCUT2D eigenvalue weighted by molar-refractivity contribution is 5.96. The van der Waals surface area contributed by atoms with E-state index in [9.17, 15) is 14.7 Å². The molecule has 3 aromatic carbocycles. The zero-order valence-electron chi connectivity index (χ0n) is 15.5. The number of carboxylic acid groups (broad SMARTS) is 1. The van der Waals surface area contributed by atoms with Crippen LogP contribution < -0.4 is 4.90 Å². The lowest BCUT2D eigenvalue weighted by Gasteiger charge is -2.31. The molecule has 4 nitrogen and oxygen atoms in total. The van der Waals surface area contributed by atoms with Gasteiger partial charge in [0.15, 0.2) is 0 Å². The van der Waals surface area contributed by atoms with Crippen LogP contribution in [0.25, 0.3) is 11.1 Å². The summed E-state index contributed by atoms with van der Waals surface area (Å²) in [6.45, 7) is 1.71. The molecule has 0 spiro atoms. The highest BCUT2D eigenvalue weighted by Crippen LogP contribution is 2.30. The Morgan fingerprint density at radius 1 is 1.04 bits per heavy atom. The third-order valence-electron chi connectivity index (χ3n) is 5.22. The molecule has 0 saturated carbocycles. The number of rotatable bonds is 5. The molecule has 1 aliphatic heterocycles. The number of carbonyl (C=O) groups is 2. The van der Waals surface area contributed by atoms with E-state index in [1.165, 1.54) is 11.3 Å². The second-order valence-corrected chi connectivity index (χ2v) is 7.08. The first kappa shape index (κ1) is 18.0. The largest absolute Gasteiger partial charge is 0.478 e. The Kier molecular flexibility index (Phi) is 4.94. The monoisotopic (exact) mass is 371 g/mol. The SMILES string of the molecule is O=Cc1ccc2c(c1)CCCN2Cc1cccc(-c2ccccc2C(=O)O)c1. The van der Waals surface area contributed by atoms with Gasteiger partial charge in [-0.15, -0.1) is 0 Å². The molecule has 140 valence electrons. The van der Waals surface area contributed by atoms with Gasteiger partial charge in [-0.2, -0.15) is 0 Å². The number of aryl methyl sites for hydroxylation is 1. The molecule has 1 heterocycles. The summed E-state index contributed by atoms with van der Waals surface area (Å²) in [4.78, 5) is 24.9. The van der Waals surface area contributed by atoms with Crippen LogP contribution in [0, 0.1) is 0 Å². The van der Waals surface area contributed by atoms with Crippen molar-refractivity contribution in [2.75, 3.05) is 11.4 Å². The van der Waals surface area contributed by atoms with Crippen LogP contribution in [-0.2, 0) is 13.0 Å². The van der Waals surface area contributed by atoms with Crippen LogP contribution >= 0.6 is 0 Å². The van der Waals surface area contributed by atoms with Gasteiger partial charge in [0, 0.05) is 24.3 Å². The van der Waals surface area contributed by atoms with Gasteiger partial charge in [0.05, 0.1) is 5.56 Å². The minimum Gasteiger partial charge on any atom is -0.478 e. The number of fused-ring (bicyclic) bond motifs is 1. The number of carboxylic acids is 1. The molecule has 0 atom stereocenters. The Hall–Kier alpha value is -3.40. The standard InChI is InChI=1S/C24H21NO3/c26-16-18-10-11-23-20(14-18)7-4-12-25(23)15-17-5-3-6-19(13-17)21-8-1-2-9-22(21)24(27)28/h1-3,5-6,8-11,13-14,16H,4,7,12,15H2,(H,27,28). The number of hydrogen-bond donors (Lipinski definition) is 1. The predicted octanol–water partition coefficient (Wildman–Crippen LogP) is 4.82. The van der Waals surface area contributed by atoms with Gasteiger partial charge in [-0.05, 0) is 65.4 Å². The molecular weight excluding hydrogens is 350 g/mol. The van der Waals surface area contributed by atoms with Gasteiger partial charge in [-0.3, -0.25) is 4.79 Å². The summed E-state index contributed by atoms with van der Waals surface area (Å²) in [5.41, 5.74) is 6.18. The van der Waals surface area contributed by atoms with Crippen LogP contribution in [0.4, 0.5) is 5.69 Å². The molecular formula is C24H21NO3. The fourth-order valence-corrected chi connectivity index (χ4v) is 3.91. The number of aldehydes is 1. The first-order valence-electron chi connectivity index (χ1n) is 9.40. The molecule has 0 unspecified atom stereocenters. The van der Waals surface area contributed by atoms with Gasteiger partial charge >= 0.3 is 5.97 Å². The quantitative estimate of drug-likeness (QED) is 0.654. The summed E-state index contributed by atoms with van der Waals surface area (Å²) in [6.07, 6.45) is 2.93. The molecule has 4 rings (SSSR count).